The summed E-state index contributed by atoms with van der Waals surface area (Å²) in [4.78, 5) is 23.6. The average Bonchev–Trinajstić information content (AvgIpc) is 2.88. The highest BCUT2D eigenvalue weighted by atomic mass is 32.2. The normalized spacial score (nSPS) is 23.8. The van der Waals surface area contributed by atoms with E-state index in [1.165, 1.54) is 0 Å². The molecule has 0 bridgehead atoms. The Kier molecular flexibility index (Phi) is 4.14. The first-order valence-corrected chi connectivity index (χ1v) is 7.39. The van der Waals surface area contributed by atoms with E-state index in [1.807, 2.05) is 30.3 Å². The van der Waals surface area contributed by atoms with Crippen molar-refractivity contribution >= 4 is 23.6 Å². The molecule has 5 heteroatoms. The van der Waals surface area contributed by atoms with Gasteiger partial charge in [0.2, 0.25) is 5.91 Å². The van der Waals surface area contributed by atoms with E-state index >= 15 is 0 Å². The van der Waals surface area contributed by atoms with Gasteiger partial charge in [0.25, 0.3) is 0 Å². The summed E-state index contributed by atoms with van der Waals surface area (Å²) in [6.07, 6.45) is 0.486. The number of hydrogen-bond donors (Lipinski definition) is 2. The average molecular weight is 279 g/mol. The molecule has 0 aliphatic carbocycles. The molecule has 2 N–H and O–H groups in total. The van der Waals surface area contributed by atoms with Gasteiger partial charge in [-0.15, -0.1) is 0 Å². The first-order valence-electron chi connectivity index (χ1n) is 6.23. The van der Waals surface area contributed by atoms with Crippen molar-refractivity contribution in [3.63, 3.8) is 0 Å². The molecule has 1 unspecified atom stereocenters. The topological polar surface area (TPSA) is 66.4 Å². The van der Waals surface area contributed by atoms with Crippen molar-refractivity contribution < 1.29 is 14.7 Å². The number of carbonyl (C=O) groups excluding carboxylic acids is 1. The van der Waals surface area contributed by atoms with Gasteiger partial charge in [-0.1, -0.05) is 30.3 Å². The van der Waals surface area contributed by atoms with Crippen LogP contribution in [-0.4, -0.2) is 34.0 Å². The fraction of sp³-hybridized carbons (Fsp3) is 0.429. The molecule has 0 spiro atoms. The van der Waals surface area contributed by atoms with Crippen molar-refractivity contribution in [3.8, 4) is 0 Å². The zero-order valence-corrected chi connectivity index (χ0v) is 11.6. The van der Waals surface area contributed by atoms with Gasteiger partial charge in [0, 0.05) is 5.75 Å². The molecule has 102 valence electrons. The Morgan fingerprint density at radius 1 is 1.37 bits per heavy atom. The van der Waals surface area contributed by atoms with E-state index in [1.54, 1.807) is 18.7 Å². The van der Waals surface area contributed by atoms with E-state index in [2.05, 4.69) is 5.32 Å². The van der Waals surface area contributed by atoms with Crippen LogP contribution in [0.4, 0.5) is 0 Å². The van der Waals surface area contributed by atoms with Crippen molar-refractivity contribution in [1.82, 2.24) is 5.32 Å². The number of amides is 1. The number of carboxylic acid groups (broad SMARTS) is 1. The predicted molar refractivity (Wildman–Crippen MR) is 75.3 cm³/mol. The summed E-state index contributed by atoms with van der Waals surface area (Å²) in [5.74, 6) is -0.299. The molecule has 19 heavy (non-hydrogen) atoms. The molecule has 2 atom stereocenters. The second kappa shape index (κ2) is 5.65. The van der Waals surface area contributed by atoms with E-state index in [0.29, 0.717) is 12.2 Å². The van der Waals surface area contributed by atoms with Crippen LogP contribution in [0.15, 0.2) is 30.3 Å². The smallest absolute Gasteiger partial charge is 0.330 e. The molecule has 2 rings (SSSR count). The van der Waals surface area contributed by atoms with Crippen LogP contribution in [0, 0.1) is 0 Å². The number of hydrogen-bond acceptors (Lipinski definition) is 3. The van der Waals surface area contributed by atoms with Crippen molar-refractivity contribution in [3.05, 3.63) is 35.9 Å². The van der Waals surface area contributed by atoms with Crippen LogP contribution < -0.4 is 5.32 Å². The summed E-state index contributed by atoms with van der Waals surface area (Å²) in [6.45, 7) is 1.79. The molecule has 0 saturated carbocycles. The lowest BCUT2D eigenvalue weighted by molar-refractivity contribution is -0.146. The quantitative estimate of drug-likeness (QED) is 0.883. The van der Waals surface area contributed by atoms with Crippen molar-refractivity contribution in [2.75, 3.05) is 11.5 Å². The number of thioether (sulfide) groups is 1. The van der Waals surface area contributed by atoms with Gasteiger partial charge in [0.05, 0.1) is 5.92 Å². The van der Waals surface area contributed by atoms with Gasteiger partial charge in [-0.25, -0.2) is 4.79 Å². The second-order valence-electron chi connectivity index (χ2n) is 4.81. The number of aliphatic carboxylic acids is 1. The van der Waals surface area contributed by atoms with Gasteiger partial charge in [0.1, 0.15) is 5.54 Å². The Hall–Kier alpha value is -1.49. The van der Waals surface area contributed by atoms with Gasteiger partial charge in [0.15, 0.2) is 0 Å². The molecule has 1 fully saturated rings. The lowest BCUT2D eigenvalue weighted by atomic mass is 9.95. The first-order chi connectivity index (χ1) is 9.05. The molecule has 1 aromatic rings. The first kappa shape index (κ1) is 13.9. The minimum atomic E-state index is -1.09. The molecule has 1 heterocycles. The molecule has 1 saturated heterocycles. The van der Waals surface area contributed by atoms with Gasteiger partial charge in [-0.05, 0) is 24.7 Å². The van der Waals surface area contributed by atoms with Crippen LogP contribution in [0.5, 0.6) is 0 Å². The molecular weight excluding hydrogens is 262 g/mol. The van der Waals surface area contributed by atoms with Crippen LogP contribution in [0.3, 0.4) is 0 Å². The van der Waals surface area contributed by atoms with E-state index in [9.17, 15) is 14.7 Å². The van der Waals surface area contributed by atoms with Crippen molar-refractivity contribution in [1.29, 1.82) is 0 Å². The highest BCUT2D eigenvalue weighted by Gasteiger charge is 2.43. The van der Waals surface area contributed by atoms with Gasteiger partial charge in [-0.3, -0.25) is 4.79 Å². The largest absolute Gasteiger partial charge is 0.479 e. The summed E-state index contributed by atoms with van der Waals surface area (Å²) in [7, 11) is 0. The number of nitrogens with one attached hydrogen (secondary N) is 1. The molecule has 0 aromatic heterocycles. The summed E-state index contributed by atoms with van der Waals surface area (Å²) >= 11 is 1.56. The minimum absolute atomic E-state index is 0.226. The minimum Gasteiger partial charge on any atom is -0.479 e. The predicted octanol–water partition coefficient (Wildman–Crippen LogP) is 1.87. The number of rotatable bonds is 4. The highest BCUT2D eigenvalue weighted by molar-refractivity contribution is 7.99. The standard InChI is InChI=1S/C14H17NO3S/c1-10(11-5-3-2-4-6-11)12(16)15-14(13(17)18)7-8-19-9-14/h2-6,10H,7-9H2,1H3,(H,15,16)(H,17,18)/t10-,14?/m0/s1. The summed E-state index contributed by atoms with van der Waals surface area (Å²) < 4.78 is 0. The van der Waals surface area contributed by atoms with Gasteiger partial charge < -0.3 is 10.4 Å². The number of carbonyl (C=O) groups is 2. The fourth-order valence-electron chi connectivity index (χ4n) is 2.12. The zero-order valence-electron chi connectivity index (χ0n) is 10.8. The summed E-state index contributed by atoms with van der Waals surface area (Å²) in [5, 5.41) is 12.1. The maximum absolute atomic E-state index is 12.2. The van der Waals surface area contributed by atoms with Crippen molar-refractivity contribution in [2.24, 2.45) is 0 Å². The third-order valence-corrected chi connectivity index (χ3v) is 4.68. The van der Waals surface area contributed by atoms with Gasteiger partial charge >= 0.3 is 5.97 Å². The fourth-order valence-corrected chi connectivity index (χ4v) is 3.45. The Labute approximate surface area is 116 Å². The van der Waals surface area contributed by atoms with E-state index in [0.717, 1.165) is 11.3 Å². The Morgan fingerprint density at radius 2 is 2.05 bits per heavy atom. The maximum atomic E-state index is 12.2. The third kappa shape index (κ3) is 2.92. The van der Waals surface area contributed by atoms with E-state index in [-0.39, 0.29) is 11.8 Å². The Balaban J connectivity index is 2.10. The summed E-state index contributed by atoms with van der Waals surface area (Å²) in [6, 6.07) is 9.39. The molecule has 1 amide bonds. The Bertz CT molecular complexity index is 469. The third-order valence-electron chi connectivity index (χ3n) is 3.49. The van der Waals surface area contributed by atoms with Crippen LogP contribution in [0.25, 0.3) is 0 Å². The molecule has 0 radical (unpaired) electrons. The Morgan fingerprint density at radius 3 is 2.58 bits per heavy atom. The van der Waals surface area contributed by atoms with E-state index < -0.39 is 11.5 Å². The zero-order chi connectivity index (χ0) is 13.9. The number of benzene rings is 1. The summed E-state index contributed by atoms with van der Waals surface area (Å²) in [5.41, 5.74) is -0.198. The monoisotopic (exact) mass is 279 g/mol. The van der Waals surface area contributed by atoms with Crippen LogP contribution in [0.1, 0.15) is 24.8 Å². The second-order valence-corrected chi connectivity index (χ2v) is 5.92. The number of carboxylic acids is 1. The molecule has 1 aliphatic heterocycles. The van der Waals surface area contributed by atoms with Gasteiger partial charge in [-0.2, -0.15) is 11.8 Å². The van der Waals surface area contributed by atoms with E-state index in [4.69, 9.17) is 0 Å². The lowest BCUT2D eigenvalue weighted by Crippen LogP contribution is -2.55. The van der Waals surface area contributed by atoms with Crippen LogP contribution in [0.2, 0.25) is 0 Å². The van der Waals surface area contributed by atoms with Crippen LogP contribution in [-0.2, 0) is 9.59 Å². The molecule has 1 aliphatic rings. The van der Waals surface area contributed by atoms with Crippen molar-refractivity contribution in [2.45, 2.75) is 24.8 Å². The maximum Gasteiger partial charge on any atom is 0.330 e. The van der Waals surface area contributed by atoms with Crippen LogP contribution >= 0.6 is 11.8 Å². The molecule has 1 aromatic carbocycles. The highest BCUT2D eigenvalue weighted by Crippen LogP contribution is 2.29. The molecule has 4 nitrogen and oxygen atoms in total. The molecular formula is C14H17NO3S. The SMILES string of the molecule is C[C@H](C(=O)NC1(C(=O)O)CCSC1)c1ccccc1. The lowest BCUT2D eigenvalue weighted by Gasteiger charge is -2.26.